The van der Waals surface area contributed by atoms with Crippen molar-refractivity contribution in [1.82, 2.24) is 20.4 Å². The Balaban J connectivity index is 0.00000341. The van der Waals surface area contributed by atoms with Crippen molar-refractivity contribution in [3.63, 3.8) is 0 Å². The first-order chi connectivity index (χ1) is 14.4. The fourth-order valence-corrected chi connectivity index (χ4v) is 4.00. The topological polar surface area (TPSA) is 63.5 Å². The molecule has 2 heterocycles. The SMILES string of the molecule is CN=C(NCCc1ccn(-c2ccc(F)cc2)n1)NCC1CCCOC1C(C)(C)C.I. The molecular formula is C23H35FIN5O. The monoisotopic (exact) mass is 543 g/mol. The van der Waals surface area contributed by atoms with Crippen molar-refractivity contribution < 1.29 is 9.13 Å². The Morgan fingerprint density at radius 1 is 1.23 bits per heavy atom. The number of rotatable bonds is 6. The summed E-state index contributed by atoms with van der Waals surface area (Å²) in [7, 11) is 1.79. The number of ether oxygens (including phenoxy) is 1. The molecule has 1 fully saturated rings. The smallest absolute Gasteiger partial charge is 0.191 e. The van der Waals surface area contributed by atoms with Gasteiger partial charge in [0.25, 0.3) is 0 Å². The number of nitrogens with zero attached hydrogens (tertiary/aromatic N) is 3. The van der Waals surface area contributed by atoms with E-state index in [0.29, 0.717) is 5.92 Å². The molecule has 1 saturated heterocycles. The summed E-state index contributed by atoms with van der Waals surface area (Å²) in [4.78, 5) is 4.34. The van der Waals surface area contributed by atoms with Gasteiger partial charge >= 0.3 is 0 Å². The summed E-state index contributed by atoms with van der Waals surface area (Å²) in [5, 5.41) is 11.4. The molecule has 1 aliphatic rings. The average Bonchev–Trinajstić information content (AvgIpc) is 3.19. The van der Waals surface area contributed by atoms with Gasteiger partial charge in [0.05, 0.1) is 17.5 Å². The Bertz CT molecular complexity index is 831. The Morgan fingerprint density at radius 3 is 2.65 bits per heavy atom. The highest BCUT2D eigenvalue weighted by molar-refractivity contribution is 14.0. The minimum Gasteiger partial charge on any atom is -0.377 e. The summed E-state index contributed by atoms with van der Waals surface area (Å²) in [6.45, 7) is 9.16. The van der Waals surface area contributed by atoms with Crippen molar-refractivity contribution in [2.45, 2.75) is 46.1 Å². The summed E-state index contributed by atoms with van der Waals surface area (Å²) < 4.78 is 20.9. The lowest BCUT2D eigenvalue weighted by atomic mass is 9.78. The lowest BCUT2D eigenvalue weighted by Gasteiger charge is -2.40. The van der Waals surface area contributed by atoms with Gasteiger partial charge in [0, 0.05) is 45.3 Å². The van der Waals surface area contributed by atoms with E-state index in [0.717, 1.165) is 49.9 Å². The summed E-state index contributed by atoms with van der Waals surface area (Å²) in [5.74, 6) is 1.03. The molecule has 0 amide bonds. The second kappa shape index (κ2) is 11.8. The van der Waals surface area contributed by atoms with Crippen LogP contribution in [0.1, 0.15) is 39.3 Å². The van der Waals surface area contributed by atoms with Crippen LogP contribution in [0.2, 0.25) is 0 Å². The summed E-state index contributed by atoms with van der Waals surface area (Å²) >= 11 is 0. The van der Waals surface area contributed by atoms with Crippen molar-refractivity contribution in [1.29, 1.82) is 0 Å². The fraction of sp³-hybridized carbons (Fsp3) is 0.565. The second-order valence-corrected chi connectivity index (χ2v) is 8.92. The number of hydrogen-bond donors (Lipinski definition) is 2. The summed E-state index contributed by atoms with van der Waals surface area (Å²) in [5.41, 5.74) is 1.94. The Hall–Kier alpha value is -1.68. The van der Waals surface area contributed by atoms with E-state index in [1.165, 1.54) is 18.6 Å². The normalized spacial score (nSPS) is 19.6. The summed E-state index contributed by atoms with van der Waals surface area (Å²) in [6, 6.07) is 8.30. The van der Waals surface area contributed by atoms with E-state index in [4.69, 9.17) is 4.74 Å². The van der Waals surface area contributed by atoms with Gasteiger partial charge < -0.3 is 15.4 Å². The summed E-state index contributed by atoms with van der Waals surface area (Å²) in [6.07, 6.45) is 5.21. The van der Waals surface area contributed by atoms with Crippen LogP contribution >= 0.6 is 24.0 Å². The highest BCUT2D eigenvalue weighted by Crippen LogP contribution is 2.33. The highest BCUT2D eigenvalue weighted by Gasteiger charge is 2.35. The molecule has 0 aliphatic carbocycles. The zero-order chi connectivity index (χ0) is 21.6. The fourth-order valence-electron chi connectivity index (χ4n) is 4.00. The largest absolute Gasteiger partial charge is 0.377 e. The number of aromatic nitrogens is 2. The predicted molar refractivity (Wildman–Crippen MR) is 134 cm³/mol. The molecule has 172 valence electrons. The van der Waals surface area contributed by atoms with Gasteiger partial charge in [-0.1, -0.05) is 20.8 Å². The van der Waals surface area contributed by atoms with Gasteiger partial charge in [-0.2, -0.15) is 5.10 Å². The van der Waals surface area contributed by atoms with E-state index < -0.39 is 0 Å². The maximum absolute atomic E-state index is 13.1. The highest BCUT2D eigenvalue weighted by atomic mass is 127. The molecule has 2 atom stereocenters. The molecule has 1 aliphatic heterocycles. The number of nitrogens with one attached hydrogen (secondary N) is 2. The van der Waals surface area contributed by atoms with E-state index in [1.807, 2.05) is 12.3 Å². The van der Waals surface area contributed by atoms with Crippen LogP contribution in [-0.4, -0.2) is 48.6 Å². The van der Waals surface area contributed by atoms with Crippen molar-refractivity contribution in [3.8, 4) is 5.69 Å². The van der Waals surface area contributed by atoms with Crippen LogP contribution in [0, 0.1) is 17.2 Å². The third-order valence-corrected chi connectivity index (χ3v) is 5.46. The molecule has 31 heavy (non-hydrogen) atoms. The Labute approximate surface area is 202 Å². The third kappa shape index (κ3) is 7.45. The predicted octanol–water partition coefficient (Wildman–Crippen LogP) is 4.18. The molecule has 1 aromatic carbocycles. The van der Waals surface area contributed by atoms with Gasteiger partial charge in [-0.25, -0.2) is 9.07 Å². The van der Waals surface area contributed by atoms with Crippen molar-refractivity contribution in [2.24, 2.45) is 16.3 Å². The molecule has 0 radical (unpaired) electrons. The van der Waals surface area contributed by atoms with E-state index >= 15 is 0 Å². The van der Waals surface area contributed by atoms with Gasteiger partial charge in [-0.15, -0.1) is 24.0 Å². The number of benzene rings is 1. The molecule has 6 nitrogen and oxygen atoms in total. The number of halogens is 2. The third-order valence-electron chi connectivity index (χ3n) is 5.46. The maximum atomic E-state index is 13.1. The molecule has 0 saturated carbocycles. The molecular weight excluding hydrogens is 508 g/mol. The molecule has 0 bridgehead atoms. The minimum atomic E-state index is -0.247. The first kappa shape index (κ1) is 25.6. The quantitative estimate of drug-likeness (QED) is 0.326. The van der Waals surface area contributed by atoms with Crippen LogP contribution in [0.25, 0.3) is 5.69 Å². The van der Waals surface area contributed by atoms with Gasteiger partial charge in [-0.3, -0.25) is 4.99 Å². The standard InChI is InChI=1S/C23H34FN5O.HI/c1-23(2,3)21-17(6-5-15-30-21)16-27-22(25-4)26-13-11-19-12-14-29(28-19)20-9-7-18(24)8-10-20;/h7-10,12,14,17,21H,5-6,11,13,15-16H2,1-4H3,(H2,25,26,27);1H. The molecule has 1 aromatic heterocycles. The van der Waals surface area contributed by atoms with Gasteiger partial charge in [0.1, 0.15) is 5.82 Å². The van der Waals surface area contributed by atoms with Crippen molar-refractivity contribution in [3.05, 3.63) is 48.0 Å². The minimum absolute atomic E-state index is 0. The van der Waals surface area contributed by atoms with Crippen LogP contribution in [-0.2, 0) is 11.2 Å². The molecule has 2 unspecified atom stereocenters. The Morgan fingerprint density at radius 2 is 1.97 bits per heavy atom. The second-order valence-electron chi connectivity index (χ2n) is 8.92. The van der Waals surface area contributed by atoms with Gasteiger partial charge in [0.15, 0.2) is 5.96 Å². The lowest BCUT2D eigenvalue weighted by molar-refractivity contribution is -0.0835. The Kier molecular flexibility index (Phi) is 9.74. The molecule has 0 spiro atoms. The van der Waals surface area contributed by atoms with E-state index in [-0.39, 0.29) is 41.3 Å². The number of aliphatic imine (C=N–C) groups is 1. The van der Waals surface area contributed by atoms with Crippen LogP contribution < -0.4 is 10.6 Å². The van der Waals surface area contributed by atoms with Gasteiger partial charge in [-0.05, 0) is 48.6 Å². The van der Waals surface area contributed by atoms with Crippen LogP contribution in [0.15, 0.2) is 41.5 Å². The van der Waals surface area contributed by atoms with E-state index in [9.17, 15) is 4.39 Å². The molecule has 8 heteroatoms. The first-order valence-electron chi connectivity index (χ1n) is 10.7. The van der Waals surface area contributed by atoms with E-state index in [1.54, 1.807) is 23.9 Å². The lowest BCUT2D eigenvalue weighted by Crippen LogP contribution is -2.47. The first-order valence-corrected chi connectivity index (χ1v) is 10.7. The molecule has 2 N–H and O–H groups in total. The zero-order valence-electron chi connectivity index (χ0n) is 18.9. The van der Waals surface area contributed by atoms with E-state index in [2.05, 4.69) is 41.5 Å². The van der Waals surface area contributed by atoms with Crippen LogP contribution in [0.4, 0.5) is 4.39 Å². The zero-order valence-corrected chi connectivity index (χ0v) is 21.2. The van der Waals surface area contributed by atoms with Gasteiger partial charge in [0.2, 0.25) is 0 Å². The molecule has 3 rings (SSSR count). The average molecular weight is 543 g/mol. The van der Waals surface area contributed by atoms with Crippen LogP contribution in [0.5, 0.6) is 0 Å². The number of hydrogen-bond acceptors (Lipinski definition) is 3. The van der Waals surface area contributed by atoms with Crippen LogP contribution in [0.3, 0.4) is 0 Å². The number of guanidine groups is 1. The van der Waals surface area contributed by atoms with Crippen molar-refractivity contribution in [2.75, 3.05) is 26.7 Å². The van der Waals surface area contributed by atoms with Crippen molar-refractivity contribution >= 4 is 29.9 Å². The molecule has 2 aromatic rings. The maximum Gasteiger partial charge on any atom is 0.191 e.